The smallest absolute Gasteiger partial charge is 0.317 e. The van der Waals surface area contributed by atoms with E-state index in [2.05, 4.69) is 5.32 Å². The van der Waals surface area contributed by atoms with Gasteiger partial charge in [0, 0.05) is 32.6 Å². The van der Waals surface area contributed by atoms with Crippen LogP contribution in [0.15, 0.2) is 18.2 Å². The molecule has 0 aliphatic carbocycles. The van der Waals surface area contributed by atoms with Crippen LogP contribution in [-0.4, -0.2) is 55.0 Å². The summed E-state index contributed by atoms with van der Waals surface area (Å²) in [6.07, 6.45) is 3.18. The van der Waals surface area contributed by atoms with Crippen LogP contribution in [0.5, 0.6) is 5.75 Å². The monoisotopic (exact) mass is 349 g/mol. The summed E-state index contributed by atoms with van der Waals surface area (Å²) in [5.41, 5.74) is 0.877. The van der Waals surface area contributed by atoms with Crippen molar-refractivity contribution in [2.45, 2.75) is 31.7 Å². The molecule has 3 amide bonds. The van der Waals surface area contributed by atoms with Gasteiger partial charge in [-0.2, -0.15) is 0 Å². The fourth-order valence-corrected chi connectivity index (χ4v) is 3.37. The first-order chi connectivity index (χ1) is 12.1. The van der Waals surface area contributed by atoms with Crippen LogP contribution in [0.1, 0.15) is 37.3 Å². The molecule has 2 aliphatic rings. The number of carbonyl (C=O) groups excluding carboxylic acids is 2. The van der Waals surface area contributed by atoms with Gasteiger partial charge in [0.2, 0.25) is 5.91 Å². The van der Waals surface area contributed by atoms with E-state index in [9.17, 15) is 14.0 Å². The van der Waals surface area contributed by atoms with Crippen LogP contribution < -0.4 is 10.1 Å². The highest BCUT2D eigenvalue weighted by molar-refractivity contribution is 5.78. The maximum Gasteiger partial charge on any atom is 0.317 e. The second-order valence-corrected chi connectivity index (χ2v) is 6.46. The number of carbonyl (C=O) groups is 2. The summed E-state index contributed by atoms with van der Waals surface area (Å²) in [5.74, 6) is -0.00235. The number of ether oxygens (including phenoxy) is 1. The first-order valence-electron chi connectivity index (χ1n) is 8.76. The fraction of sp³-hybridized carbons (Fsp3) is 0.556. The quantitative estimate of drug-likeness (QED) is 0.802. The van der Waals surface area contributed by atoms with Crippen LogP contribution >= 0.6 is 0 Å². The average Bonchev–Trinajstić information content (AvgIpc) is 2.97. The molecule has 2 heterocycles. The number of benzene rings is 1. The van der Waals surface area contributed by atoms with E-state index in [4.69, 9.17) is 4.74 Å². The van der Waals surface area contributed by atoms with Gasteiger partial charge >= 0.3 is 6.03 Å². The normalized spacial score (nSPS) is 19.8. The van der Waals surface area contributed by atoms with Gasteiger partial charge in [-0.25, -0.2) is 9.18 Å². The second-order valence-electron chi connectivity index (χ2n) is 6.46. The molecule has 0 saturated carbocycles. The third kappa shape index (κ3) is 3.86. The van der Waals surface area contributed by atoms with Gasteiger partial charge in [0.25, 0.3) is 0 Å². The highest BCUT2D eigenvalue weighted by Crippen LogP contribution is 2.35. The summed E-state index contributed by atoms with van der Waals surface area (Å²) in [6, 6.07) is 4.55. The van der Waals surface area contributed by atoms with E-state index in [0.717, 1.165) is 31.4 Å². The highest BCUT2D eigenvalue weighted by atomic mass is 19.1. The number of nitrogens with one attached hydrogen (secondary N) is 1. The molecule has 0 bridgehead atoms. The number of halogens is 1. The predicted octanol–water partition coefficient (Wildman–Crippen LogP) is 2.30. The topological polar surface area (TPSA) is 61.9 Å². The van der Waals surface area contributed by atoms with Crippen molar-refractivity contribution in [2.75, 3.05) is 33.3 Å². The molecule has 1 unspecified atom stereocenters. The molecule has 3 rings (SSSR count). The zero-order chi connectivity index (χ0) is 17.8. The summed E-state index contributed by atoms with van der Waals surface area (Å²) >= 11 is 0. The van der Waals surface area contributed by atoms with Crippen molar-refractivity contribution >= 4 is 11.9 Å². The summed E-state index contributed by atoms with van der Waals surface area (Å²) in [5, 5.41) is 2.91. The summed E-state index contributed by atoms with van der Waals surface area (Å²) in [6.45, 7) is 2.74. The summed E-state index contributed by atoms with van der Waals surface area (Å²) < 4.78 is 18.5. The number of hydrogen-bond acceptors (Lipinski definition) is 3. The number of nitrogens with zero attached hydrogens (tertiary/aromatic N) is 2. The van der Waals surface area contributed by atoms with Crippen molar-refractivity contribution in [1.82, 2.24) is 15.1 Å². The highest BCUT2D eigenvalue weighted by Gasteiger charge is 2.33. The lowest BCUT2D eigenvalue weighted by Crippen LogP contribution is -2.50. The molecule has 136 valence electrons. The summed E-state index contributed by atoms with van der Waals surface area (Å²) in [4.78, 5) is 27.4. The van der Waals surface area contributed by atoms with E-state index in [1.807, 2.05) is 4.90 Å². The molecule has 1 atom stereocenters. The van der Waals surface area contributed by atoms with Gasteiger partial charge in [0.05, 0.1) is 13.2 Å². The molecule has 1 aromatic rings. The van der Waals surface area contributed by atoms with Crippen molar-refractivity contribution < 1.29 is 18.7 Å². The fourth-order valence-electron chi connectivity index (χ4n) is 3.37. The number of urea groups is 1. The van der Waals surface area contributed by atoms with E-state index in [1.54, 1.807) is 17.0 Å². The van der Waals surface area contributed by atoms with Crippen LogP contribution in [0.3, 0.4) is 0 Å². The predicted molar refractivity (Wildman–Crippen MR) is 90.8 cm³/mol. The Balaban J connectivity index is 1.47. The Morgan fingerprint density at radius 1 is 1.40 bits per heavy atom. The number of hydrogen-bond donors (Lipinski definition) is 1. The van der Waals surface area contributed by atoms with Crippen molar-refractivity contribution in [3.05, 3.63) is 29.6 Å². The molecular weight excluding hydrogens is 325 g/mol. The zero-order valence-electron chi connectivity index (χ0n) is 14.5. The first-order valence-corrected chi connectivity index (χ1v) is 8.76. The van der Waals surface area contributed by atoms with Crippen LogP contribution in [-0.2, 0) is 4.79 Å². The van der Waals surface area contributed by atoms with E-state index in [0.29, 0.717) is 26.1 Å². The Morgan fingerprint density at radius 2 is 2.24 bits per heavy atom. The van der Waals surface area contributed by atoms with Crippen LogP contribution in [0.4, 0.5) is 9.18 Å². The molecule has 6 nitrogen and oxygen atoms in total. The molecule has 25 heavy (non-hydrogen) atoms. The van der Waals surface area contributed by atoms with E-state index in [-0.39, 0.29) is 23.7 Å². The molecule has 1 aromatic carbocycles. The van der Waals surface area contributed by atoms with Gasteiger partial charge in [-0.1, -0.05) is 6.07 Å². The summed E-state index contributed by atoms with van der Waals surface area (Å²) in [7, 11) is 1.43. The number of amides is 3. The maximum atomic E-state index is 13.5. The molecule has 7 heteroatoms. The lowest BCUT2D eigenvalue weighted by Gasteiger charge is -2.41. The van der Waals surface area contributed by atoms with Crippen LogP contribution in [0, 0.1) is 5.82 Å². The molecule has 0 radical (unpaired) electrons. The third-order valence-corrected chi connectivity index (χ3v) is 4.89. The SMILES string of the molecule is COc1cc(C2CCN2C(=O)NCCCN2CCCC2=O)ccc1F. The van der Waals surface area contributed by atoms with Gasteiger partial charge in [-0.3, -0.25) is 4.79 Å². The second kappa shape index (κ2) is 7.72. The molecule has 1 N–H and O–H groups in total. The molecule has 0 spiro atoms. The Kier molecular flexibility index (Phi) is 5.40. The van der Waals surface area contributed by atoms with Crippen LogP contribution in [0.25, 0.3) is 0 Å². The molecule has 2 fully saturated rings. The molecule has 2 saturated heterocycles. The van der Waals surface area contributed by atoms with Gasteiger partial charge < -0.3 is 19.9 Å². The number of methoxy groups -OCH3 is 1. The Morgan fingerprint density at radius 3 is 2.88 bits per heavy atom. The van der Waals surface area contributed by atoms with E-state index >= 15 is 0 Å². The van der Waals surface area contributed by atoms with Crippen molar-refractivity contribution in [1.29, 1.82) is 0 Å². The minimum atomic E-state index is -0.405. The molecule has 2 aliphatic heterocycles. The number of rotatable bonds is 6. The molecule has 0 aromatic heterocycles. The first kappa shape index (κ1) is 17.5. The molecular formula is C18H24FN3O3. The Labute approximate surface area is 146 Å². The van der Waals surface area contributed by atoms with E-state index in [1.165, 1.54) is 13.2 Å². The van der Waals surface area contributed by atoms with E-state index < -0.39 is 5.82 Å². The van der Waals surface area contributed by atoms with Crippen molar-refractivity contribution in [3.8, 4) is 5.75 Å². The largest absolute Gasteiger partial charge is 0.494 e. The van der Waals surface area contributed by atoms with Crippen molar-refractivity contribution in [2.24, 2.45) is 0 Å². The standard InChI is InChI=1S/C18H24FN3O3/c1-25-16-12-13(5-6-14(16)19)15-7-11-22(15)18(24)20-8-3-10-21-9-2-4-17(21)23/h5-6,12,15H,2-4,7-11H2,1H3,(H,20,24). The Hall–Kier alpha value is -2.31. The lowest BCUT2D eigenvalue weighted by atomic mass is 9.95. The van der Waals surface area contributed by atoms with Crippen LogP contribution in [0.2, 0.25) is 0 Å². The Bertz CT molecular complexity index is 652. The lowest BCUT2D eigenvalue weighted by molar-refractivity contribution is -0.127. The minimum Gasteiger partial charge on any atom is -0.494 e. The van der Waals surface area contributed by atoms with Gasteiger partial charge in [-0.05, 0) is 37.0 Å². The minimum absolute atomic E-state index is 0.0466. The third-order valence-electron chi connectivity index (χ3n) is 4.89. The maximum absolute atomic E-state index is 13.5. The number of likely N-dealkylation sites (tertiary alicyclic amines) is 2. The van der Waals surface area contributed by atoms with Gasteiger partial charge in [0.15, 0.2) is 11.6 Å². The average molecular weight is 349 g/mol. The van der Waals surface area contributed by atoms with Gasteiger partial charge in [-0.15, -0.1) is 0 Å². The zero-order valence-corrected chi connectivity index (χ0v) is 14.5. The van der Waals surface area contributed by atoms with Gasteiger partial charge in [0.1, 0.15) is 0 Å². The van der Waals surface area contributed by atoms with Crippen molar-refractivity contribution in [3.63, 3.8) is 0 Å².